The first-order valence-corrected chi connectivity index (χ1v) is 52.1. The Bertz CT molecular complexity index is 6250. The van der Waals surface area contributed by atoms with Crippen molar-refractivity contribution in [3.63, 3.8) is 0 Å². The van der Waals surface area contributed by atoms with E-state index in [0.29, 0.717) is 75.3 Å². The third-order valence-corrected chi connectivity index (χ3v) is 29.6. The molecule has 0 saturated heterocycles. The van der Waals surface area contributed by atoms with E-state index >= 15 is 0 Å². The number of benzene rings is 9. The fourth-order valence-corrected chi connectivity index (χ4v) is 21.7. The number of aryl methyl sites for hydroxylation is 5. The van der Waals surface area contributed by atoms with Crippen molar-refractivity contribution in [3.05, 3.63) is 330 Å². The fraction of sp³-hybridized carbons (Fsp3) is 0.417. The number of carboxylic acid groups (broad SMARTS) is 2. The molecule has 143 heavy (non-hydrogen) atoms. The Balaban J connectivity index is 0.000000185. The number of carbonyl (C=O) groups excluding carboxylic acids is 2. The lowest BCUT2D eigenvalue weighted by molar-refractivity contribution is 0.0680. The number of rotatable bonds is 34. The number of aromatic hydroxyl groups is 8. The number of carbonyl (C=O) groups is 4. The van der Waals surface area contributed by atoms with Gasteiger partial charge in [0.25, 0.3) is 0 Å². The quantitative estimate of drug-likeness (QED) is 0.00776. The molecule has 5 aliphatic rings. The number of esters is 2. The van der Waals surface area contributed by atoms with Gasteiger partial charge in [-0.2, -0.15) is 0 Å². The van der Waals surface area contributed by atoms with Crippen LogP contribution in [0.1, 0.15) is 378 Å². The molecular weight excluding hydrogens is 1780 g/mol. The van der Waals surface area contributed by atoms with Crippen molar-refractivity contribution in [2.24, 2.45) is 29.6 Å². The van der Waals surface area contributed by atoms with Crippen LogP contribution in [0.5, 0.6) is 57.5 Å². The molecule has 0 fully saturated rings. The van der Waals surface area contributed by atoms with Crippen LogP contribution in [0.3, 0.4) is 0 Å². The molecule has 0 spiro atoms. The number of fused-ring (bicyclic) bond motifs is 2. The predicted octanol–water partition coefficient (Wildman–Crippen LogP) is 33.2. The van der Waals surface area contributed by atoms with Crippen LogP contribution in [-0.4, -0.2) is 74.9 Å². The minimum absolute atomic E-state index is 0.00931. The molecule has 10 atom stereocenters. The van der Waals surface area contributed by atoms with Gasteiger partial charge in [-0.3, -0.25) is 0 Å². The summed E-state index contributed by atoms with van der Waals surface area (Å²) in [5.41, 5.74) is 19.0. The SMILES string of the molecule is C=C(C)[C@@H]1CC=C(C)C[C@H]1c1c(O)cc(CCCCC)c(C(=O)O)c1O.C=C(C)[C@@H]1CC=C(C)C[C@H]1c1c(O)cc(CCCCC)cc1O.C=C(C)[C@@H]1CC=C(C)C[C@H]1c1c(O)cc(CCCCC)cc1OC(=O)c1ccc2ccccc2c1.C=C(C)[C@@H]1CCC(C)=C[C@H]1c1c(O)cc(CCCC)c(C(=O)O)c1O.C=C(C)[C@@H]1CCC(C)=C[C@H]1c1c(O)cc(CCCC)cc1OC(=O)c1ccc2ccccc2c1. The van der Waals surface area contributed by atoms with Crippen LogP contribution < -0.4 is 9.47 Å². The summed E-state index contributed by atoms with van der Waals surface area (Å²) in [5, 5.41) is 110. The number of phenols is 8. The van der Waals surface area contributed by atoms with Gasteiger partial charge in [0.15, 0.2) is 0 Å². The first-order valence-electron chi connectivity index (χ1n) is 52.1. The molecule has 10 N–H and O–H groups in total. The van der Waals surface area contributed by atoms with E-state index in [-0.39, 0.29) is 116 Å². The van der Waals surface area contributed by atoms with Gasteiger partial charge in [0, 0.05) is 57.4 Å². The summed E-state index contributed by atoms with van der Waals surface area (Å²) in [6.45, 7) is 51.6. The van der Waals surface area contributed by atoms with Gasteiger partial charge < -0.3 is 60.5 Å². The highest BCUT2D eigenvalue weighted by Crippen LogP contribution is 2.55. The van der Waals surface area contributed by atoms with Crippen molar-refractivity contribution >= 4 is 45.4 Å². The van der Waals surface area contributed by atoms with Crippen LogP contribution in [0.4, 0.5) is 0 Å². The molecule has 9 aromatic rings. The zero-order valence-corrected chi connectivity index (χ0v) is 87.6. The summed E-state index contributed by atoms with van der Waals surface area (Å²) in [6.07, 6.45) is 36.6. The van der Waals surface area contributed by atoms with E-state index in [9.17, 15) is 70.2 Å². The second-order valence-electron chi connectivity index (χ2n) is 41.3. The Hall–Kier alpha value is -12.8. The number of unbranched alkanes of at least 4 members (excludes halogenated alkanes) is 8. The number of hydrogen-bond donors (Lipinski definition) is 10. The minimum atomic E-state index is -1.16. The molecule has 16 nitrogen and oxygen atoms in total. The second-order valence-corrected chi connectivity index (χ2v) is 41.3. The molecule has 762 valence electrons. The van der Waals surface area contributed by atoms with E-state index in [0.717, 1.165) is 219 Å². The Morgan fingerprint density at radius 2 is 0.636 bits per heavy atom. The molecule has 9 aromatic carbocycles. The molecule has 0 heterocycles. The maximum Gasteiger partial charge on any atom is 0.343 e. The average Bonchev–Trinajstić information content (AvgIpc) is 0.764. The lowest BCUT2D eigenvalue weighted by Gasteiger charge is -2.33. The molecule has 16 heteroatoms. The van der Waals surface area contributed by atoms with Gasteiger partial charge in [-0.1, -0.05) is 266 Å². The molecule has 0 amide bonds. The van der Waals surface area contributed by atoms with Crippen LogP contribution in [0.2, 0.25) is 0 Å². The Morgan fingerprint density at radius 1 is 0.329 bits per heavy atom. The molecule has 14 rings (SSSR count). The van der Waals surface area contributed by atoms with Gasteiger partial charge in [-0.05, 0) is 349 Å². The predicted molar refractivity (Wildman–Crippen MR) is 584 cm³/mol. The minimum Gasteiger partial charge on any atom is -0.508 e. The second kappa shape index (κ2) is 53.0. The fourth-order valence-electron chi connectivity index (χ4n) is 21.7. The first kappa shape index (κ1) is 112. The van der Waals surface area contributed by atoms with Crippen molar-refractivity contribution < 1.29 is 79.7 Å². The number of carboxylic acids is 2. The zero-order valence-electron chi connectivity index (χ0n) is 87.6. The van der Waals surface area contributed by atoms with Gasteiger partial charge >= 0.3 is 23.9 Å². The number of aromatic carboxylic acids is 2. The normalized spacial score (nSPS) is 19.1. The third-order valence-electron chi connectivity index (χ3n) is 29.6. The summed E-state index contributed by atoms with van der Waals surface area (Å²) >= 11 is 0. The monoisotopic (exact) mass is 1940 g/mol. The maximum absolute atomic E-state index is 13.3. The van der Waals surface area contributed by atoms with E-state index in [2.05, 4.69) is 106 Å². The van der Waals surface area contributed by atoms with Gasteiger partial charge in [0.05, 0.1) is 11.1 Å². The molecule has 0 saturated carbocycles. The molecule has 0 bridgehead atoms. The van der Waals surface area contributed by atoms with Crippen molar-refractivity contribution in [1.29, 1.82) is 0 Å². The lowest BCUT2D eigenvalue weighted by Crippen LogP contribution is -2.20. The van der Waals surface area contributed by atoms with Crippen molar-refractivity contribution in [2.75, 3.05) is 0 Å². The van der Waals surface area contributed by atoms with Crippen molar-refractivity contribution in [3.8, 4) is 57.5 Å². The molecule has 0 unspecified atom stereocenters. The van der Waals surface area contributed by atoms with E-state index in [4.69, 9.17) is 9.47 Å². The molecular formula is C127H158O16. The molecule has 0 aromatic heterocycles. The van der Waals surface area contributed by atoms with Gasteiger partial charge in [-0.15, -0.1) is 0 Å². The molecule has 5 aliphatic carbocycles. The highest BCUT2D eigenvalue weighted by Gasteiger charge is 2.39. The van der Waals surface area contributed by atoms with E-state index < -0.39 is 23.9 Å². The topological polar surface area (TPSA) is 289 Å². The van der Waals surface area contributed by atoms with Crippen LogP contribution >= 0.6 is 0 Å². The lowest BCUT2D eigenvalue weighted by atomic mass is 9.72. The molecule has 0 radical (unpaired) electrons. The first-order chi connectivity index (χ1) is 68.2. The summed E-state index contributed by atoms with van der Waals surface area (Å²) in [4.78, 5) is 50.2. The summed E-state index contributed by atoms with van der Waals surface area (Å²) in [5.74, 6) is -1.52. The number of phenolic OH excluding ortho intramolecular Hbond substituents is 6. The van der Waals surface area contributed by atoms with E-state index in [1.807, 2.05) is 171 Å². The standard InChI is InChI=1S/C32H36O3.C31H34O3.C22H30O4.C21H28O4.C21H30O2/c1-5-6-7-10-23-18-29(33)31(28-17-22(4)13-16-27(28)21(2)3)30(19-23)35-32(34)26-15-14-24-11-8-9-12-25(24)20-26;1-5-6-9-22-17-28(32)30(27-16-21(4)12-15-26(27)20(2)3)29(18-22)34-31(33)25-14-13-23-10-7-8-11-24(23)19-25;1-5-6-7-8-15-12-18(23)20(21(24)19(15)22(25)26)17-11-14(4)9-10-16(17)13(2)3;1-5-6-7-14-11-17(22)19(20(23)18(14)21(24)25)16-10-13(4)8-9-15(16)12(2)3;1-5-6-7-8-16-12-19(22)21(20(23)13-16)18-11-15(4)9-10-17(18)14(2)3/h8-9,11-15,18-20,27-28,33H,2,5-7,10,16-17H2,1,3-4H3;7-8,10-11,13-14,16-19,26-27,32H,2,5-6,9,12,15H2,1,3-4H3;9,12,16-17,23-24H,2,5-8,10-11H2,1,3-4H3,(H,25,26);10-11,15-16,22-23H,2,5-9H2,1,3-4H3,(H,24,25);9,12-13,17-18,22-23H,2,5-8,10-11H2,1,3-4H3/t27-,28+;26-,27+;16-,17+;15-,16+;17-,18+/m00000/s1. The highest BCUT2D eigenvalue weighted by atomic mass is 16.5. The molecule has 0 aliphatic heterocycles. The number of ether oxygens (including phenoxy) is 2. The van der Waals surface area contributed by atoms with Crippen LogP contribution in [0.15, 0.2) is 252 Å². The Kier molecular flexibility index (Phi) is 41.5. The average molecular weight is 1940 g/mol. The van der Waals surface area contributed by atoms with Crippen LogP contribution in [0.25, 0.3) is 21.5 Å². The Labute approximate surface area is 850 Å². The van der Waals surface area contributed by atoms with Gasteiger partial charge in [0.1, 0.15) is 68.6 Å². The highest BCUT2D eigenvalue weighted by molar-refractivity contribution is 5.98. The number of allylic oxidation sites excluding steroid dienone is 15. The van der Waals surface area contributed by atoms with Gasteiger partial charge in [0.2, 0.25) is 0 Å². The largest absolute Gasteiger partial charge is 0.508 e. The van der Waals surface area contributed by atoms with E-state index in [1.165, 1.54) is 52.8 Å². The zero-order chi connectivity index (χ0) is 104. The van der Waals surface area contributed by atoms with Gasteiger partial charge in [-0.25, -0.2) is 19.2 Å². The third kappa shape index (κ3) is 29.3. The van der Waals surface area contributed by atoms with Crippen molar-refractivity contribution in [2.45, 2.75) is 313 Å². The Morgan fingerprint density at radius 3 is 1.03 bits per heavy atom. The maximum atomic E-state index is 13.3. The summed E-state index contributed by atoms with van der Waals surface area (Å²) < 4.78 is 12.1. The smallest absolute Gasteiger partial charge is 0.343 e. The van der Waals surface area contributed by atoms with Crippen molar-refractivity contribution in [1.82, 2.24) is 0 Å². The summed E-state index contributed by atoms with van der Waals surface area (Å²) in [7, 11) is 0. The summed E-state index contributed by atoms with van der Waals surface area (Å²) in [6, 6.07) is 41.5. The van der Waals surface area contributed by atoms with Crippen LogP contribution in [-0.2, 0) is 32.1 Å². The van der Waals surface area contributed by atoms with Crippen LogP contribution in [0, 0.1) is 29.6 Å². The van der Waals surface area contributed by atoms with E-state index in [1.54, 1.807) is 12.1 Å². The number of hydrogen-bond acceptors (Lipinski definition) is 14.